The van der Waals surface area contributed by atoms with Gasteiger partial charge in [0, 0.05) is 23.7 Å². The Kier molecular flexibility index (Phi) is 6.30. The number of para-hydroxylation sites is 1. The van der Waals surface area contributed by atoms with E-state index in [1.165, 1.54) is 18.2 Å². The number of esters is 1. The number of rotatable bonds is 5. The first-order valence-electron chi connectivity index (χ1n) is 11.4. The van der Waals surface area contributed by atoms with E-state index in [1.807, 2.05) is 13.0 Å². The molecule has 1 saturated heterocycles. The number of benzene rings is 1. The van der Waals surface area contributed by atoms with Crippen molar-refractivity contribution >= 4 is 18.0 Å². The van der Waals surface area contributed by atoms with Crippen LogP contribution in [0.15, 0.2) is 41.1 Å². The van der Waals surface area contributed by atoms with Crippen LogP contribution in [0.25, 0.3) is 11.8 Å². The van der Waals surface area contributed by atoms with Gasteiger partial charge in [-0.25, -0.2) is 4.79 Å². The minimum Gasteiger partial charge on any atom is -0.465 e. The quantitative estimate of drug-likeness (QED) is 0.497. The number of nitrogens with zero attached hydrogens (tertiary/aromatic N) is 2. The molecule has 0 radical (unpaired) electrons. The van der Waals surface area contributed by atoms with Crippen LogP contribution in [-0.2, 0) is 19.1 Å². The lowest BCUT2D eigenvalue weighted by Crippen LogP contribution is -2.33. The fourth-order valence-corrected chi connectivity index (χ4v) is 5.03. The molecule has 6 heteroatoms. The molecule has 0 aliphatic carbocycles. The highest BCUT2D eigenvalue weighted by atomic mass is 16.5. The van der Waals surface area contributed by atoms with Gasteiger partial charge in [0.05, 0.1) is 36.6 Å². The number of methoxy groups -OCH3 is 1. The van der Waals surface area contributed by atoms with Crippen molar-refractivity contribution in [1.29, 1.82) is 0 Å². The van der Waals surface area contributed by atoms with Crippen molar-refractivity contribution < 1.29 is 19.1 Å². The Morgan fingerprint density at radius 1 is 1.18 bits per heavy atom. The summed E-state index contributed by atoms with van der Waals surface area (Å²) in [6.45, 7) is 11.3. The third-order valence-electron chi connectivity index (χ3n) is 6.74. The highest BCUT2D eigenvalue weighted by molar-refractivity contribution is 6.16. The third-order valence-corrected chi connectivity index (χ3v) is 6.74. The predicted octanol–water partition coefficient (Wildman–Crippen LogP) is 4.56. The molecule has 3 heterocycles. The molecular weight excluding hydrogens is 416 g/mol. The van der Waals surface area contributed by atoms with E-state index >= 15 is 0 Å². The van der Waals surface area contributed by atoms with E-state index < -0.39 is 5.97 Å². The zero-order valence-corrected chi connectivity index (χ0v) is 20.3. The number of aryl methyl sites for hydroxylation is 3. The van der Waals surface area contributed by atoms with Gasteiger partial charge in [0.15, 0.2) is 0 Å². The third kappa shape index (κ3) is 4.04. The lowest BCUT2D eigenvalue weighted by atomic mass is 10.0. The molecule has 2 aliphatic rings. The Bertz CT molecular complexity index is 1160. The SMILES string of the molecule is COC(=O)C1=C(C)N(CC2CCCO2)C(=O)C1=Cc1cc(C)n(-c2c(C)cccc2C)c1C. The summed E-state index contributed by atoms with van der Waals surface area (Å²) >= 11 is 0. The second-order valence-corrected chi connectivity index (χ2v) is 8.96. The van der Waals surface area contributed by atoms with E-state index in [1.54, 1.807) is 11.8 Å². The molecule has 33 heavy (non-hydrogen) atoms. The van der Waals surface area contributed by atoms with Crippen LogP contribution in [0.3, 0.4) is 0 Å². The summed E-state index contributed by atoms with van der Waals surface area (Å²) in [5.74, 6) is -0.675. The first-order chi connectivity index (χ1) is 15.7. The fourth-order valence-electron chi connectivity index (χ4n) is 5.03. The lowest BCUT2D eigenvalue weighted by molar-refractivity contribution is -0.136. The van der Waals surface area contributed by atoms with Crippen molar-refractivity contribution in [2.75, 3.05) is 20.3 Å². The maximum absolute atomic E-state index is 13.5. The molecule has 2 aliphatic heterocycles. The molecule has 0 spiro atoms. The molecule has 4 rings (SSSR count). The summed E-state index contributed by atoms with van der Waals surface area (Å²) in [6, 6.07) is 8.32. The molecule has 1 atom stereocenters. The monoisotopic (exact) mass is 448 g/mol. The minimum absolute atomic E-state index is 0.00348. The Morgan fingerprint density at radius 2 is 1.88 bits per heavy atom. The van der Waals surface area contributed by atoms with E-state index in [9.17, 15) is 9.59 Å². The fraction of sp³-hybridized carbons (Fsp3) is 0.407. The molecular formula is C27H32N2O4. The number of ether oxygens (including phenoxy) is 2. The molecule has 1 fully saturated rings. The van der Waals surface area contributed by atoms with Crippen molar-refractivity contribution in [2.45, 2.75) is 53.6 Å². The van der Waals surface area contributed by atoms with Crippen LogP contribution in [0.1, 0.15) is 47.8 Å². The van der Waals surface area contributed by atoms with Crippen LogP contribution in [0, 0.1) is 27.7 Å². The number of hydrogen-bond donors (Lipinski definition) is 0. The van der Waals surface area contributed by atoms with Crippen LogP contribution in [0.4, 0.5) is 0 Å². The van der Waals surface area contributed by atoms with Crippen molar-refractivity contribution in [3.05, 3.63) is 69.2 Å². The first-order valence-corrected chi connectivity index (χ1v) is 11.4. The van der Waals surface area contributed by atoms with Gasteiger partial charge < -0.3 is 18.9 Å². The molecule has 0 bridgehead atoms. The van der Waals surface area contributed by atoms with E-state index in [0.717, 1.165) is 35.5 Å². The number of hydrogen-bond acceptors (Lipinski definition) is 4. The molecule has 0 saturated carbocycles. The van der Waals surface area contributed by atoms with Gasteiger partial charge in [0.25, 0.3) is 5.91 Å². The van der Waals surface area contributed by atoms with Crippen molar-refractivity contribution in [3.8, 4) is 5.69 Å². The first kappa shape index (κ1) is 23.1. The van der Waals surface area contributed by atoms with E-state index in [2.05, 4.69) is 49.6 Å². The number of aromatic nitrogens is 1. The average molecular weight is 449 g/mol. The number of carbonyl (C=O) groups excluding carboxylic acids is 2. The van der Waals surface area contributed by atoms with E-state index in [-0.39, 0.29) is 12.0 Å². The second kappa shape index (κ2) is 9.02. The van der Waals surface area contributed by atoms with Gasteiger partial charge in [0.2, 0.25) is 0 Å². The summed E-state index contributed by atoms with van der Waals surface area (Å²) in [5.41, 5.74) is 7.84. The van der Waals surface area contributed by atoms with Gasteiger partial charge in [-0.05, 0) is 76.3 Å². The predicted molar refractivity (Wildman–Crippen MR) is 128 cm³/mol. The zero-order valence-electron chi connectivity index (χ0n) is 20.3. The van der Waals surface area contributed by atoms with Crippen LogP contribution in [0.5, 0.6) is 0 Å². The molecule has 0 N–H and O–H groups in total. The molecule has 1 amide bonds. The lowest BCUT2D eigenvalue weighted by Gasteiger charge is -2.21. The maximum atomic E-state index is 13.5. The van der Waals surface area contributed by atoms with Crippen molar-refractivity contribution in [1.82, 2.24) is 9.47 Å². The maximum Gasteiger partial charge on any atom is 0.340 e. The molecule has 1 unspecified atom stereocenters. The average Bonchev–Trinajstić information content (AvgIpc) is 3.44. The van der Waals surface area contributed by atoms with Gasteiger partial charge in [-0.15, -0.1) is 0 Å². The van der Waals surface area contributed by atoms with Gasteiger partial charge >= 0.3 is 5.97 Å². The standard InChI is InChI=1S/C27H32N2O4/c1-16-9-7-10-17(2)25(16)29-18(3)13-21(19(29)4)14-23-24(27(31)32-6)20(5)28(26(23)30)15-22-11-8-12-33-22/h7,9-10,13-14,22H,8,11-12,15H2,1-6H3. The normalized spacial score (nSPS) is 19.8. The van der Waals surface area contributed by atoms with Gasteiger partial charge in [-0.3, -0.25) is 4.79 Å². The van der Waals surface area contributed by atoms with Crippen LogP contribution >= 0.6 is 0 Å². The molecule has 1 aromatic heterocycles. The Hall–Kier alpha value is -3.12. The number of allylic oxidation sites excluding steroid dienone is 1. The zero-order chi connectivity index (χ0) is 23.9. The van der Waals surface area contributed by atoms with Crippen LogP contribution in [-0.4, -0.2) is 47.7 Å². The van der Waals surface area contributed by atoms with Crippen LogP contribution in [0.2, 0.25) is 0 Å². The summed E-state index contributed by atoms with van der Waals surface area (Å²) in [5, 5.41) is 0. The second-order valence-electron chi connectivity index (χ2n) is 8.96. The Balaban J connectivity index is 1.79. The molecule has 6 nitrogen and oxygen atoms in total. The highest BCUT2D eigenvalue weighted by Gasteiger charge is 2.38. The van der Waals surface area contributed by atoms with Gasteiger partial charge in [0.1, 0.15) is 0 Å². The van der Waals surface area contributed by atoms with Crippen molar-refractivity contribution in [2.24, 2.45) is 0 Å². The summed E-state index contributed by atoms with van der Waals surface area (Å²) in [6.07, 6.45) is 3.74. The molecule has 174 valence electrons. The summed E-state index contributed by atoms with van der Waals surface area (Å²) in [7, 11) is 1.35. The Labute approximate surface area is 195 Å². The largest absolute Gasteiger partial charge is 0.465 e. The van der Waals surface area contributed by atoms with Crippen molar-refractivity contribution in [3.63, 3.8) is 0 Å². The number of amides is 1. The summed E-state index contributed by atoms with van der Waals surface area (Å²) < 4.78 is 13.0. The van der Waals surface area contributed by atoms with Gasteiger partial charge in [-0.2, -0.15) is 0 Å². The van der Waals surface area contributed by atoms with Gasteiger partial charge in [-0.1, -0.05) is 18.2 Å². The highest BCUT2D eigenvalue weighted by Crippen LogP contribution is 2.34. The minimum atomic E-state index is -0.495. The van der Waals surface area contributed by atoms with Crippen LogP contribution < -0.4 is 0 Å². The molecule has 2 aromatic rings. The van der Waals surface area contributed by atoms with E-state index in [0.29, 0.717) is 30.0 Å². The molecule has 1 aromatic carbocycles. The Morgan fingerprint density at radius 3 is 2.48 bits per heavy atom. The topological polar surface area (TPSA) is 60.8 Å². The van der Waals surface area contributed by atoms with E-state index in [4.69, 9.17) is 9.47 Å². The smallest absolute Gasteiger partial charge is 0.340 e. The summed E-state index contributed by atoms with van der Waals surface area (Å²) in [4.78, 5) is 27.8. The number of carbonyl (C=O) groups is 2.